The van der Waals surface area contributed by atoms with Crippen molar-refractivity contribution < 1.29 is 4.79 Å². The number of pyridine rings is 1. The van der Waals surface area contributed by atoms with E-state index in [2.05, 4.69) is 30.7 Å². The molecule has 0 radical (unpaired) electrons. The van der Waals surface area contributed by atoms with Gasteiger partial charge in [0.05, 0.1) is 28.8 Å². The summed E-state index contributed by atoms with van der Waals surface area (Å²) in [6, 6.07) is 3.69. The third-order valence-electron chi connectivity index (χ3n) is 5.09. The highest BCUT2D eigenvalue weighted by molar-refractivity contribution is 6.32. The highest BCUT2D eigenvalue weighted by Gasteiger charge is 2.22. The molecule has 3 heterocycles. The highest BCUT2D eigenvalue weighted by Crippen LogP contribution is 2.28. The summed E-state index contributed by atoms with van der Waals surface area (Å²) in [6.45, 7) is 1.55. The van der Waals surface area contributed by atoms with Crippen LogP contribution in [0.3, 0.4) is 0 Å². The van der Waals surface area contributed by atoms with Crippen molar-refractivity contribution in [1.82, 2.24) is 30.0 Å². The summed E-state index contributed by atoms with van der Waals surface area (Å²) in [5.41, 5.74) is 1.73. The maximum atomic E-state index is 11.5. The van der Waals surface area contributed by atoms with Crippen LogP contribution in [0.25, 0.3) is 16.9 Å². The Morgan fingerprint density at radius 2 is 2.00 bits per heavy atom. The van der Waals surface area contributed by atoms with E-state index >= 15 is 0 Å². The van der Waals surface area contributed by atoms with Gasteiger partial charge in [-0.1, -0.05) is 11.6 Å². The Kier molecular flexibility index (Phi) is 5.80. The fraction of sp³-hybridized carbons (Fsp3) is 0.350. The van der Waals surface area contributed by atoms with E-state index in [-0.39, 0.29) is 23.6 Å². The molecule has 0 aromatic carbocycles. The lowest BCUT2D eigenvalue weighted by Gasteiger charge is -2.29. The van der Waals surface area contributed by atoms with Gasteiger partial charge in [-0.2, -0.15) is 5.10 Å². The Labute approximate surface area is 177 Å². The number of nitrogens with one attached hydrogen (secondary N) is 3. The topological polar surface area (TPSA) is 118 Å². The third kappa shape index (κ3) is 4.68. The molecule has 10 heteroatoms. The molecule has 1 aliphatic rings. The number of carbonyl (C=O) groups is 1. The molecule has 3 aromatic rings. The quantitative estimate of drug-likeness (QED) is 0.576. The van der Waals surface area contributed by atoms with Gasteiger partial charge < -0.3 is 15.6 Å². The smallest absolute Gasteiger partial charge is 0.250 e. The van der Waals surface area contributed by atoms with Gasteiger partial charge in [0.1, 0.15) is 0 Å². The van der Waals surface area contributed by atoms with E-state index in [1.807, 2.05) is 0 Å². The first-order chi connectivity index (χ1) is 14.5. The maximum absolute atomic E-state index is 11.5. The fourth-order valence-corrected chi connectivity index (χ4v) is 3.85. The molecule has 1 aliphatic carbocycles. The van der Waals surface area contributed by atoms with Crippen molar-refractivity contribution in [3.05, 3.63) is 52.3 Å². The third-order valence-corrected chi connectivity index (χ3v) is 5.37. The molecule has 3 N–H and O–H groups in total. The average Bonchev–Trinajstić information content (AvgIpc) is 3.21. The van der Waals surface area contributed by atoms with E-state index in [0.717, 1.165) is 31.2 Å². The molecular formula is C20H22ClN7O2. The van der Waals surface area contributed by atoms with E-state index in [1.54, 1.807) is 42.5 Å². The van der Waals surface area contributed by atoms with Crippen LogP contribution < -0.4 is 16.2 Å². The van der Waals surface area contributed by atoms with E-state index in [4.69, 9.17) is 11.6 Å². The van der Waals surface area contributed by atoms with Crippen LogP contribution in [0.1, 0.15) is 32.6 Å². The zero-order valence-corrected chi connectivity index (χ0v) is 17.2. The second-order valence-corrected chi connectivity index (χ2v) is 7.78. The van der Waals surface area contributed by atoms with Crippen molar-refractivity contribution in [3.8, 4) is 16.9 Å². The average molecular weight is 428 g/mol. The van der Waals surface area contributed by atoms with Gasteiger partial charge >= 0.3 is 0 Å². The molecule has 1 fully saturated rings. The van der Waals surface area contributed by atoms with Crippen LogP contribution >= 0.6 is 11.6 Å². The normalized spacial score (nSPS) is 18.7. The molecule has 0 spiro atoms. The van der Waals surface area contributed by atoms with E-state index in [9.17, 15) is 9.59 Å². The Bertz CT molecular complexity index is 1100. The predicted molar refractivity (Wildman–Crippen MR) is 114 cm³/mol. The maximum Gasteiger partial charge on any atom is 0.250 e. The molecule has 1 saturated carbocycles. The summed E-state index contributed by atoms with van der Waals surface area (Å²) in [5, 5.41) is 11.1. The first kappa shape index (κ1) is 20.1. The number of hydrogen-bond donors (Lipinski definition) is 3. The van der Waals surface area contributed by atoms with Crippen LogP contribution in [0.4, 0.5) is 5.95 Å². The Morgan fingerprint density at radius 1 is 1.23 bits per heavy atom. The molecule has 156 valence electrons. The molecule has 0 aliphatic heterocycles. The number of aromatic nitrogens is 5. The summed E-state index contributed by atoms with van der Waals surface area (Å²) in [6.07, 6.45) is 10.2. The molecule has 0 atom stereocenters. The lowest BCUT2D eigenvalue weighted by atomic mass is 9.91. The van der Waals surface area contributed by atoms with Crippen LogP contribution in [0.15, 0.2) is 41.7 Å². The van der Waals surface area contributed by atoms with Crippen LogP contribution in [0.2, 0.25) is 5.02 Å². The molecule has 4 rings (SSSR count). The lowest BCUT2D eigenvalue weighted by Crippen LogP contribution is -2.39. The zero-order chi connectivity index (χ0) is 21.1. The van der Waals surface area contributed by atoms with Crippen molar-refractivity contribution in [3.63, 3.8) is 0 Å². The van der Waals surface area contributed by atoms with Crippen molar-refractivity contribution in [1.29, 1.82) is 0 Å². The summed E-state index contributed by atoms with van der Waals surface area (Å²) < 4.78 is 1.60. The van der Waals surface area contributed by atoms with Gasteiger partial charge in [0.2, 0.25) is 17.4 Å². The molecule has 1 amide bonds. The largest absolute Gasteiger partial charge is 0.354 e. The van der Waals surface area contributed by atoms with Gasteiger partial charge in [0, 0.05) is 43.0 Å². The van der Waals surface area contributed by atoms with E-state index < -0.39 is 0 Å². The minimum absolute atomic E-state index is 0.0118. The SMILES string of the molecule is CC(=O)N[C@H]1CC[C@H](Nc2ncc(Cl)c(-c3cnn(-c4cc[nH]c(=O)c4)c3)n2)CC1. The summed E-state index contributed by atoms with van der Waals surface area (Å²) in [7, 11) is 0. The highest BCUT2D eigenvalue weighted by atomic mass is 35.5. The van der Waals surface area contributed by atoms with E-state index in [0.29, 0.717) is 22.4 Å². The summed E-state index contributed by atoms with van der Waals surface area (Å²) in [5.74, 6) is 0.513. The fourth-order valence-electron chi connectivity index (χ4n) is 3.65. The van der Waals surface area contributed by atoms with Crippen molar-refractivity contribution >= 4 is 23.5 Å². The Balaban J connectivity index is 1.48. The van der Waals surface area contributed by atoms with Crippen LogP contribution in [0, 0.1) is 0 Å². The standard InChI is InChI=1S/C20H22ClN7O2/c1-12(29)25-14-2-4-15(5-3-14)26-20-23-10-17(21)19(27-20)13-9-24-28(11-13)16-6-7-22-18(30)8-16/h6-11,14-15H,2-5H2,1H3,(H,22,30)(H,25,29)(H,23,26,27)/t14-,15-. The molecule has 0 unspecified atom stereocenters. The Morgan fingerprint density at radius 3 is 2.73 bits per heavy atom. The molecule has 0 bridgehead atoms. The predicted octanol–water partition coefficient (Wildman–Crippen LogP) is 2.53. The number of anilines is 1. The Hall–Kier alpha value is -3.20. The van der Waals surface area contributed by atoms with Gasteiger partial charge in [0.25, 0.3) is 0 Å². The van der Waals surface area contributed by atoms with Crippen molar-refractivity contribution in [2.45, 2.75) is 44.7 Å². The van der Waals surface area contributed by atoms with Crippen LogP contribution in [0.5, 0.6) is 0 Å². The molecule has 3 aromatic heterocycles. The van der Waals surface area contributed by atoms with Crippen molar-refractivity contribution in [2.75, 3.05) is 5.32 Å². The molecular weight excluding hydrogens is 406 g/mol. The van der Waals surface area contributed by atoms with Crippen LogP contribution in [-0.2, 0) is 4.79 Å². The monoisotopic (exact) mass is 427 g/mol. The van der Waals surface area contributed by atoms with Crippen molar-refractivity contribution in [2.24, 2.45) is 0 Å². The van der Waals surface area contributed by atoms with Gasteiger partial charge in [-0.15, -0.1) is 0 Å². The zero-order valence-electron chi connectivity index (χ0n) is 16.4. The summed E-state index contributed by atoms with van der Waals surface area (Å²) in [4.78, 5) is 34.2. The second-order valence-electron chi connectivity index (χ2n) is 7.37. The van der Waals surface area contributed by atoms with Gasteiger partial charge in [-0.05, 0) is 31.7 Å². The van der Waals surface area contributed by atoms with E-state index in [1.165, 1.54) is 6.07 Å². The number of halogens is 1. The molecule has 9 nitrogen and oxygen atoms in total. The number of nitrogens with zero attached hydrogens (tertiary/aromatic N) is 4. The first-order valence-corrected chi connectivity index (χ1v) is 10.2. The van der Waals surface area contributed by atoms with Gasteiger partial charge in [-0.25, -0.2) is 14.6 Å². The van der Waals surface area contributed by atoms with Gasteiger partial charge in [0.15, 0.2) is 0 Å². The number of aromatic amines is 1. The number of carbonyl (C=O) groups excluding carboxylic acids is 1. The molecule has 0 saturated heterocycles. The first-order valence-electron chi connectivity index (χ1n) is 9.78. The van der Waals surface area contributed by atoms with Gasteiger partial charge in [-0.3, -0.25) is 9.59 Å². The number of rotatable bonds is 5. The minimum atomic E-state index is -0.204. The van der Waals surface area contributed by atoms with Crippen LogP contribution in [-0.4, -0.2) is 42.7 Å². The summed E-state index contributed by atoms with van der Waals surface area (Å²) >= 11 is 6.34. The number of H-pyrrole nitrogens is 1. The second kappa shape index (κ2) is 8.66. The molecule has 30 heavy (non-hydrogen) atoms. The number of hydrogen-bond acceptors (Lipinski definition) is 6. The minimum Gasteiger partial charge on any atom is -0.354 e. The lowest BCUT2D eigenvalue weighted by molar-refractivity contribution is -0.119. The number of amides is 1.